The molecule has 9 nitrogen and oxygen atoms in total. The van der Waals surface area contributed by atoms with Gasteiger partial charge in [0.15, 0.2) is 0 Å². The number of ether oxygens (including phenoxy) is 1. The van der Waals surface area contributed by atoms with Gasteiger partial charge in [0.1, 0.15) is 6.04 Å². The van der Waals surface area contributed by atoms with Crippen molar-refractivity contribution in [1.29, 1.82) is 0 Å². The molecular weight excluding hydrogens is 326 g/mol. The molecule has 0 aliphatic rings. The van der Waals surface area contributed by atoms with Gasteiger partial charge in [-0.1, -0.05) is 0 Å². The second-order valence-corrected chi connectivity index (χ2v) is 5.37. The number of esters is 1. The fourth-order valence-corrected chi connectivity index (χ4v) is 1.82. The lowest BCUT2D eigenvalue weighted by atomic mass is 10.2. The van der Waals surface area contributed by atoms with Crippen molar-refractivity contribution in [3.8, 4) is 0 Å². The highest BCUT2D eigenvalue weighted by Gasteiger charge is 2.23. The molecule has 130 valence electrons. The molecular formula is C13H21N3O6S. The van der Waals surface area contributed by atoms with Gasteiger partial charge in [0, 0.05) is 18.7 Å². The summed E-state index contributed by atoms with van der Waals surface area (Å²) in [5.41, 5.74) is 5.64. The first-order chi connectivity index (χ1) is 10.8. The standard InChI is InChI=1S/C13H21N3O6S/c1-22-11(18)4-3-10(17)15-7-9(13(20)21)16-12(19)8(14)5-6-23-2/h3-4,8-9H,5-7,14H2,1-2H3,(H,15,17)(H,16,19)(H,20,21)/b4-3-/t8-,9-/m0/s1. The van der Waals surface area contributed by atoms with Gasteiger partial charge in [-0.05, 0) is 18.4 Å². The summed E-state index contributed by atoms with van der Waals surface area (Å²) in [6.07, 6.45) is 4.06. The van der Waals surface area contributed by atoms with Crippen molar-refractivity contribution < 1.29 is 29.0 Å². The van der Waals surface area contributed by atoms with Gasteiger partial charge in [-0.2, -0.15) is 11.8 Å². The Bertz CT molecular complexity index is 469. The molecule has 0 fully saturated rings. The number of carbonyl (C=O) groups is 4. The largest absolute Gasteiger partial charge is 0.480 e. The molecule has 0 saturated carbocycles. The van der Waals surface area contributed by atoms with E-state index in [0.717, 1.165) is 19.3 Å². The number of carbonyl (C=O) groups excluding carboxylic acids is 3. The zero-order valence-corrected chi connectivity index (χ0v) is 13.7. The second kappa shape index (κ2) is 11.5. The third kappa shape index (κ3) is 9.53. The van der Waals surface area contributed by atoms with Gasteiger partial charge < -0.3 is 26.2 Å². The zero-order chi connectivity index (χ0) is 17.8. The summed E-state index contributed by atoms with van der Waals surface area (Å²) in [6.45, 7) is -0.347. The quantitative estimate of drug-likeness (QED) is 0.275. The molecule has 0 radical (unpaired) electrons. The van der Waals surface area contributed by atoms with Gasteiger partial charge in [-0.3, -0.25) is 9.59 Å². The van der Waals surface area contributed by atoms with E-state index >= 15 is 0 Å². The predicted molar refractivity (Wildman–Crippen MR) is 84.7 cm³/mol. The van der Waals surface area contributed by atoms with E-state index < -0.39 is 35.8 Å². The lowest BCUT2D eigenvalue weighted by molar-refractivity contribution is -0.142. The number of carboxylic acid groups (broad SMARTS) is 1. The van der Waals surface area contributed by atoms with E-state index in [-0.39, 0.29) is 6.54 Å². The molecule has 23 heavy (non-hydrogen) atoms. The minimum atomic E-state index is -1.32. The Labute approximate surface area is 138 Å². The Morgan fingerprint density at radius 3 is 2.48 bits per heavy atom. The number of hydrogen-bond acceptors (Lipinski definition) is 7. The zero-order valence-electron chi connectivity index (χ0n) is 12.9. The number of rotatable bonds is 10. The molecule has 0 spiro atoms. The van der Waals surface area contributed by atoms with Crippen molar-refractivity contribution in [3.05, 3.63) is 12.2 Å². The summed E-state index contributed by atoms with van der Waals surface area (Å²) in [4.78, 5) is 45.1. The molecule has 0 aliphatic carbocycles. The van der Waals surface area contributed by atoms with Crippen molar-refractivity contribution in [2.24, 2.45) is 5.73 Å². The summed E-state index contributed by atoms with van der Waals surface area (Å²) in [6, 6.07) is -2.14. The Kier molecular flexibility index (Phi) is 10.5. The van der Waals surface area contributed by atoms with Crippen molar-refractivity contribution in [1.82, 2.24) is 10.6 Å². The first-order valence-electron chi connectivity index (χ1n) is 6.63. The molecule has 0 unspecified atom stereocenters. The molecule has 0 aromatic carbocycles. The monoisotopic (exact) mass is 347 g/mol. The number of aliphatic carboxylic acids is 1. The van der Waals surface area contributed by atoms with Crippen molar-refractivity contribution in [2.45, 2.75) is 18.5 Å². The molecule has 0 saturated heterocycles. The van der Waals surface area contributed by atoms with Crippen LogP contribution in [0.1, 0.15) is 6.42 Å². The van der Waals surface area contributed by atoms with Crippen molar-refractivity contribution in [2.75, 3.05) is 25.7 Å². The van der Waals surface area contributed by atoms with Crippen molar-refractivity contribution >= 4 is 35.5 Å². The first kappa shape index (κ1) is 20.9. The normalized spacial score (nSPS) is 13.2. The maximum atomic E-state index is 11.8. The van der Waals surface area contributed by atoms with Crippen LogP contribution in [0.4, 0.5) is 0 Å². The van der Waals surface area contributed by atoms with Gasteiger partial charge in [-0.25, -0.2) is 9.59 Å². The molecule has 2 amide bonds. The van der Waals surface area contributed by atoms with E-state index in [9.17, 15) is 19.2 Å². The summed E-state index contributed by atoms with van der Waals surface area (Å²) in [7, 11) is 1.15. The van der Waals surface area contributed by atoms with Gasteiger partial charge in [0.05, 0.1) is 13.2 Å². The summed E-state index contributed by atoms with van der Waals surface area (Å²) in [5.74, 6) is -2.66. The van der Waals surface area contributed by atoms with E-state index in [2.05, 4.69) is 15.4 Å². The number of nitrogens with two attached hydrogens (primary N) is 1. The highest BCUT2D eigenvalue weighted by atomic mass is 32.2. The average Bonchev–Trinajstić information content (AvgIpc) is 2.53. The molecule has 0 aromatic heterocycles. The third-order valence-corrected chi connectivity index (χ3v) is 3.28. The number of nitrogens with one attached hydrogen (secondary N) is 2. The van der Waals surface area contributed by atoms with Crippen LogP contribution >= 0.6 is 11.8 Å². The minimum absolute atomic E-state index is 0.347. The average molecular weight is 347 g/mol. The maximum Gasteiger partial charge on any atom is 0.330 e. The first-order valence-corrected chi connectivity index (χ1v) is 8.02. The van der Waals surface area contributed by atoms with Crippen LogP contribution in [-0.4, -0.2) is 66.6 Å². The molecule has 0 rings (SSSR count). The van der Waals surface area contributed by atoms with Crippen LogP contribution < -0.4 is 16.4 Å². The smallest absolute Gasteiger partial charge is 0.330 e. The van der Waals surface area contributed by atoms with Crippen LogP contribution in [0, 0.1) is 0 Å². The number of carboxylic acids is 1. The van der Waals surface area contributed by atoms with Crippen molar-refractivity contribution in [3.63, 3.8) is 0 Å². The van der Waals surface area contributed by atoms with Gasteiger partial charge in [-0.15, -0.1) is 0 Å². The highest BCUT2D eigenvalue weighted by molar-refractivity contribution is 7.98. The van der Waals surface area contributed by atoms with E-state index in [1.807, 2.05) is 6.26 Å². The summed E-state index contributed by atoms with van der Waals surface area (Å²) in [5, 5.41) is 13.6. The summed E-state index contributed by atoms with van der Waals surface area (Å²) < 4.78 is 4.30. The molecule has 0 heterocycles. The SMILES string of the molecule is COC(=O)/C=C\C(=O)NC[C@H](NC(=O)[C@@H](N)CCSC)C(=O)O. The second-order valence-electron chi connectivity index (χ2n) is 4.39. The van der Waals surface area contributed by atoms with Crippen LogP contribution in [0.15, 0.2) is 12.2 Å². The maximum absolute atomic E-state index is 11.8. The third-order valence-electron chi connectivity index (χ3n) is 2.64. The molecule has 0 bridgehead atoms. The van der Waals surface area contributed by atoms with E-state index in [1.54, 1.807) is 0 Å². The number of methoxy groups -OCH3 is 1. The van der Waals surface area contributed by atoms with E-state index in [1.165, 1.54) is 11.8 Å². The Hall–Kier alpha value is -2.07. The molecule has 0 aromatic rings. The fourth-order valence-electron chi connectivity index (χ4n) is 1.33. The molecule has 0 aliphatic heterocycles. The van der Waals surface area contributed by atoms with Crippen LogP contribution in [0.2, 0.25) is 0 Å². The topological polar surface area (TPSA) is 148 Å². The highest BCUT2D eigenvalue weighted by Crippen LogP contribution is 1.99. The lowest BCUT2D eigenvalue weighted by Gasteiger charge is -2.17. The van der Waals surface area contributed by atoms with Gasteiger partial charge >= 0.3 is 11.9 Å². The van der Waals surface area contributed by atoms with Crippen LogP contribution in [-0.2, 0) is 23.9 Å². The predicted octanol–water partition coefficient (Wildman–Crippen LogP) is -1.52. The lowest BCUT2D eigenvalue weighted by Crippen LogP contribution is -2.52. The Balaban J connectivity index is 4.45. The number of thioether (sulfide) groups is 1. The molecule has 5 N–H and O–H groups in total. The van der Waals surface area contributed by atoms with E-state index in [4.69, 9.17) is 10.8 Å². The van der Waals surface area contributed by atoms with Crippen LogP contribution in [0.25, 0.3) is 0 Å². The van der Waals surface area contributed by atoms with E-state index in [0.29, 0.717) is 12.2 Å². The molecule has 10 heteroatoms. The minimum Gasteiger partial charge on any atom is -0.480 e. The van der Waals surface area contributed by atoms with Crippen LogP contribution in [0.5, 0.6) is 0 Å². The van der Waals surface area contributed by atoms with Gasteiger partial charge in [0.25, 0.3) is 0 Å². The Morgan fingerprint density at radius 2 is 1.96 bits per heavy atom. The Morgan fingerprint density at radius 1 is 1.30 bits per heavy atom. The fraction of sp³-hybridized carbons (Fsp3) is 0.538. The summed E-state index contributed by atoms with van der Waals surface area (Å²) >= 11 is 1.52. The number of amides is 2. The van der Waals surface area contributed by atoms with Crippen LogP contribution in [0.3, 0.4) is 0 Å². The van der Waals surface area contributed by atoms with Gasteiger partial charge in [0.2, 0.25) is 11.8 Å². The number of hydrogen-bond donors (Lipinski definition) is 4. The molecule has 2 atom stereocenters.